The van der Waals surface area contributed by atoms with Gasteiger partial charge in [-0.05, 0) is 49.2 Å². The number of H-pyrrole nitrogens is 1. The lowest BCUT2D eigenvalue weighted by atomic mass is 9.98. The van der Waals surface area contributed by atoms with E-state index in [9.17, 15) is 9.59 Å². The topological polar surface area (TPSA) is 93.3 Å². The molecule has 0 radical (unpaired) electrons. The summed E-state index contributed by atoms with van der Waals surface area (Å²) in [6, 6.07) is 9.21. The monoisotopic (exact) mass is 405 g/mol. The van der Waals surface area contributed by atoms with Crippen molar-refractivity contribution in [3.05, 3.63) is 74.8 Å². The molecule has 1 amide bonds. The molecule has 7 nitrogen and oxygen atoms in total. The minimum Gasteiger partial charge on any atom is -0.492 e. The van der Waals surface area contributed by atoms with E-state index in [1.165, 1.54) is 0 Å². The van der Waals surface area contributed by atoms with Crippen molar-refractivity contribution >= 4 is 5.91 Å². The van der Waals surface area contributed by atoms with E-state index in [0.29, 0.717) is 23.6 Å². The SMILES string of the molecule is COc1ccc(-c2cc(C(=O)NCc3c(C)cc(C)[nH]c3=O)cc3c2OCC3)cn1. The Balaban J connectivity index is 1.63. The maximum Gasteiger partial charge on any atom is 0.253 e. The number of nitrogens with one attached hydrogen (secondary N) is 2. The van der Waals surface area contributed by atoms with Crippen molar-refractivity contribution in [3.63, 3.8) is 0 Å². The molecule has 0 saturated heterocycles. The van der Waals surface area contributed by atoms with Crippen molar-refractivity contribution in [1.29, 1.82) is 0 Å². The number of amides is 1. The third-order valence-corrected chi connectivity index (χ3v) is 5.22. The average Bonchev–Trinajstić information content (AvgIpc) is 3.21. The molecular weight excluding hydrogens is 382 g/mol. The zero-order valence-electron chi connectivity index (χ0n) is 17.2. The second-order valence-corrected chi connectivity index (χ2v) is 7.33. The summed E-state index contributed by atoms with van der Waals surface area (Å²) in [4.78, 5) is 32.1. The number of hydrogen-bond donors (Lipinski definition) is 2. The highest BCUT2D eigenvalue weighted by molar-refractivity contribution is 5.96. The van der Waals surface area contributed by atoms with Gasteiger partial charge < -0.3 is 19.8 Å². The summed E-state index contributed by atoms with van der Waals surface area (Å²) in [5, 5.41) is 2.87. The van der Waals surface area contributed by atoms with Gasteiger partial charge in [-0.1, -0.05) is 0 Å². The van der Waals surface area contributed by atoms with Crippen molar-refractivity contribution in [2.75, 3.05) is 13.7 Å². The second kappa shape index (κ2) is 8.02. The molecule has 0 atom stereocenters. The fourth-order valence-corrected chi connectivity index (χ4v) is 3.69. The number of aromatic nitrogens is 2. The maximum absolute atomic E-state index is 12.9. The van der Waals surface area contributed by atoms with Crippen LogP contribution < -0.4 is 20.3 Å². The van der Waals surface area contributed by atoms with Gasteiger partial charge in [-0.15, -0.1) is 0 Å². The van der Waals surface area contributed by atoms with Crippen LogP contribution in [0.15, 0.2) is 41.3 Å². The lowest BCUT2D eigenvalue weighted by Crippen LogP contribution is -2.28. The Bertz CT molecular complexity index is 1170. The highest BCUT2D eigenvalue weighted by Crippen LogP contribution is 2.38. The van der Waals surface area contributed by atoms with Gasteiger partial charge in [0, 0.05) is 53.2 Å². The Morgan fingerprint density at radius 1 is 1.27 bits per heavy atom. The summed E-state index contributed by atoms with van der Waals surface area (Å²) in [5.74, 6) is 1.06. The molecule has 30 heavy (non-hydrogen) atoms. The van der Waals surface area contributed by atoms with E-state index < -0.39 is 0 Å². The van der Waals surface area contributed by atoms with Crippen LogP contribution in [0.5, 0.6) is 11.6 Å². The van der Waals surface area contributed by atoms with Gasteiger partial charge in [-0.2, -0.15) is 0 Å². The van der Waals surface area contributed by atoms with E-state index in [0.717, 1.165) is 40.1 Å². The number of benzene rings is 1. The fraction of sp³-hybridized carbons (Fsp3) is 0.261. The zero-order valence-corrected chi connectivity index (χ0v) is 17.2. The number of fused-ring (bicyclic) bond motifs is 1. The van der Waals surface area contributed by atoms with Crippen molar-refractivity contribution < 1.29 is 14.3 Å². The van der Waals surface area contributed by atoms with Gasteiger partial charge in [0.25, 0.3) is 11.5 Å². The first-order valence-corrected chi connectivity index (χ1v) is 9.74. The van der Waals surface area contributed by atoms with Crippen LogP contribution in [0.4, 0.5) is 0 Å². The quantitative estimate of drug-likeness (QED) is 0.681. The zero-order chi connectivity index (χ0) is 21.3. The minimum atomic E-state index is -0.244. The van der Waals surface area contributed by atoms with Crippen LogP contribution in [0.2, 0.25) is 0 Å². The molecule has 154 valence electrons. The summed E-state index contributed by atoms with van der Waals surface area (Å²) in [6.07, 6.45) is 2.44. The molecule has 2 aromatic heterocycles. The van der Waals surface area contributed by atoms with Crippen LogP contribution in [0, 0.1) is 13.8 Å². The molecule has 1 aliphatic heterocycles. The largest absolute Gasteiger partial charge is 0.492 e. The Labute approximate surface area is 174 Å². The Morgan fingerprint density at radius 2 is 2.10 bits per heavy atom. The molecule has 1 aliphatic rings. The number of aromatic amines is 1. The lowest BCUT2D eigenvalue weighted by Gasteiger charge is -2.12. The first-order chi connectivity index (χ1) is 14.5. The van der Waals surface area contributed by atoms with Crippen LogP contribution >= 0.6 is 0 Å². The number of nitrogens with zero attached hydrogens (tertiary/aromatic N) is 1. The fourth-order valence-electron chi connectivity index (χ4n) is 3.69. The number of pyridine rings is 2. The highest BCUT2D eigenvalue weighted by atomic mass is 16.5. The smallest absolute Gasteiger partial charge is 0.253 e. The molecule has 1 aromatic carbocycles. The van der Waals surface area contributed by atoms with Crippen molar-refractivity contribution in [2.24, 2.45) is 0 Å². The van der Waals surface area contributed by atoms with E-state index in [4.69, 9.17) is 9.47 Å². The second-order valence-electron chi connectivity index (χ2n) is 7.33. The first kappa shape index (κ1) is 19.7. The molecule has 0 bridgehead atoms. The highest BCUT2D eigenvalue weighted by Gasteiger charge is 2.21. The van der Waals surface area contributed by atoms with Gasteiger partial charge in [0.15, 0.2) is 0 Å². The molecule has 0 saturated carbocycles. The number of carbonyl (C=O) groups excluding carboxylic acids is 1. The van der Waals surface area contributed by atoms with E-state index in [2.05, 4.69) is 15.3 Å². The van der Waals surface area contributed by atoms with Gasteiger partial charge in [-0.3, -0.25) is 9.59 Å². The predicted octanol–water partition coefficient (Wildman–Crippen LogP) is 2.93. The number of methoxy groups -OCH3 is 1. The summed E-state index contributed by atoms with van der Waals surface area (Å²) in [6.45, 7) is 4.44. The van der Waals surface area contributed by atoms with E-state index in [1.54, 1.807) is 25.4 Å². The number of ether oxygens (including phenoxy) is 2. The molecule has 0 spiro atoms. The van der Waals surface area contributed by atoms with E-state index in [-0.39, 0.29) is 18.0 Å². The summed E-state index contributed by atoms with van der Waals surface area (Å²) in [7, 11) is 1.56. The van der Waals surface area contributed by atoms with Gasteiger partial charge in [0.1, 0.15) is 5.75 Å². The van der Waals surface area contributed by atoms with E-state index in [1.807, 2.05) is 32.0 Å². The van der Waals surface area contributed by atoms with Gasteiger partial charge in [-0.25, -0.2) is 4.98 Å². The average molecular weight is 405 g/mol. The standard InChI is InChI=1S/C23H23N3O4/c1-13-8-14(2)26-23(28)19(13)12-25-22(27)17-9-15-6-7-30-21(15)18(10-17)16-4-5-20(29-3)24-11-16/h4-5,8-11H,6-7,12H2,1-3H3,(H,25,27)(H,26,28). The normalized spacial score (nSPS) is 12.2. The third kappa shape index (κ3) is 3.78. The van der Waals surface area contributed by atoms with Crippen LogP contribution in [0.1, 0.15) is 32.7 Å². The molecule has 4 rings (SSSR count). The number of carbonyl (C=O) groups is 1. The number of rotatable bonds is 5. The molecule has 0 fully saturated rings. The summed E-state index contributed by atoms with van der Waals surface area (Å²) < 4.78 is 10.9. The Morgan fingerprint density at radius 3 is 2.80 bits per heavy atom. The summed E-state index contributed by atoms with van der Waals surface area (Å²) in [5.41, 5.74) is 5.18. The lowest BCUT2D eigenvalue weighted by molar-refractivity contribution is 0.0950. The molecule has 2 N–H and O–H groups in total. The van der Waals surface area contributed by atoms with Crippen molar-refractivity contribution in [1.82, 2.24) is 15.3 Å². The predicted molar refractivity (Wildman–Crippen MR) is 113 cm³/mol. The van der Waals surface area contributed by atoms with Crippen LogP contribution in [0.3, 0.4) is 0 Å². The minimum absolute atomic E-state index is 0.160. The van der Waals surface area contributed by atoms with Gasteiger partial charge >= 0.3 is 0 Å². The molecule has 3 heterocycles. The van der Waals surface area contributed by atoms with Crippen LogP contribution in [-0.4, -0.2) is 29.6 Å². The Kier molecular flexibility index (Phi) is 5.27. The molecule has 0 aliphatic carbocycles. The molecule has 0 unspecified atom stereocenters. The van der Waals surface area contributed by atoms with E-state index >= 15 is 0 Å². The molecule has 3 aromatic rings. The first-order valence-electron chi connectivity index (χ1n) is 9.74. The van der Waals surface area contributed by atoms with Gasteiger partial charge in [0.2, 0.25) is 5.88 Å². The summed E-state index contributed by atoms with van der Waals surface area (Å²) >= 11 is 0. The number of hydrogen-bond acceptors (Lipinski definition) is 5. The van der Waals surface area contributed by atoms with Crippen LogP contribution in [0.25, 0.3) is 11.1 Å². The molecular formula is C23H23N3O4. The Hall–Kier alpha value is -3.61. The van der Waals surface area contributed by atoms with Gasteiger partial charge in [0.05, 0.1) is 13.7 Å². The number of aryl methyl sites for hydroxylation is 2. The van der Waals surface area contributed by atoms with Crippen LogP contribution in [-0.2, 0) is 13.0 Å². The molecule has 7 heteroatoms. The third-order valence-electron chi connectivity index (χ3n) is 5.22. The van der Waals surface area contributed by atoms with Crippen molar-refractivity contribution in [3.8, 4) is 22.8 Å². The van der Waals surface area contributed by atoms with Crippen molar-refractivity contribution in [2.45, 2.75) is 26.8 Å². The maximum atomic E-state index is 12.9.